The normalized spacial score (nSPS) is 10.3. The van der Waals surface area contributed by atoms with Crippen LogP contribution < -0.4 is 10.6 Å². The molecule has 0 heterocycles. The van der Waals surface area contributed by atoms with Crippen LogP contribution in [0.4, 0.5) is 5.69 Å². The highest BCUT2D eigenvalue weighted by Gasteiger charge is 2.10. The van der Waals surface area contributed by atoms with Crippen LogP contribution >= 0.6 is 0 Å². The van der Waals surface area contributed by atoms with E-state index < -0.39 is 6.04 Å². The van der Waals surface area contributed by atoms with Crippen LogP contribution in [0.1, 0.15) is 12.5 Å². The number of anilines is 1. The Labute approximate surface area is 111 Å². The van der Waals surface area contributed by atoms with E-state index in [4.69, 9.17) is 10.2 Å². The first-order valence-electron chi connectivity index (χ1n) is 5.92. The summed E-state index contributed by atoms with van der Waals surface area (Å²) in [7, 11) is 0. The zero-order valence-electron chi connectivity index (χ0n) is 10.7. The fourth-order valence-electron chi connectivity index (χ4n) is 1.52. The van der Waals surface area contributed by atoms with Gasteiger partial charge in [0.05, 0.1) is 25.7 Å². The van der Waals surface area contributed by atoms with E-state index in [1.165, 1.54) is 6.92 Å². The molecular weight excluding hydrogens is 248 g/mol. The number of nitrogens with one attached hydrogen (secondary N) is 2. The van der Waals surface area contributed by atoms with Crippen LogP contribution in [0.5, 0.6) is 0 Å². The topological polar surface area (TPSA) is 98.7 Å². The predicted molar refractivity (Wildman–Crippen MR) is 70.6 cm³/mol. The first-order chi connectivity index (χ1) is 9.05. The van der Waals surface area contributed by atoms with Gasteiger partial charge in [0, 0.05) is 12.6 Å². The van der Waals surface area contributed by atoms with Crippen molar-refractivity contribution >= 4 is 17.5 Å². The molecule has 0 fully saturated rings. The highest BCUT2D eigenvalue weighted by molar-refractivity contribution is 5.88. The molecule has 6 heteroatoms. The summed E-state index contributed by atoms with van der Waals surface area (Å²) in [6.45, 7) is 0.818. The molecule has 0 unspecified atom stereocenters. The lowest BCUT2D eigenvalue weighted by atomic mass is 10.1. The Balaban J connectivity index is 2.53. The first-order valence-corrected chi connectivity index (χ1v) is 5.92. The summed E-state index contributed by atoms with van der Waals surface area (Å²) in [4.78, 5) is 22.4. The van der Waals surface area contributed by atoms with Gasteiger partial charge in [-0.2, -0.15) is 0 Å². The van der Waals surface area contributed by atoms with Crippen LogP contribution in [-0.4, -0.2) is 41.3 Å². The number of aliphatic hydroxyl groups is 2. The first kappa shape index (κ1) is 15.1. The highest BCUT2D eigenvalue weighted by atomic mass is 16.3. The van der Waals surface area contributed by atoms with Gasteiger partial charge in [-0.25, -0.2) is 0 Å². The fourth-order valence-corrected chi connectivity index (χ4v) is 1.52. The monoisotopic (exact) mass is 266 g/mol. The van der Waals surface area contributed by atoms with Crippen LogP contribution in [-0.2, 0) is 16.0 Å². The van der Waals surface area contributed by atoms with Gasteiger partial charge in [-0.3, -0.25) is 9.59 Å². The van der Waals surface area contributed by atoms with Gasteiger partial charge < -0.3 is 20.8 Å². The second kappa shape index (κ2) is 7.50. The van der Waals surface area contributed by atoms with Crippen LogP contribution in [0.2, 0.25) is 0 Å². The van der Waals surface area contributed by atoms with E-state index in [0.717, 1.165) is 5.56 Å². The molecule has 0 atom stereocenters. The summed E-state index contributed by atoms with van der Waals surface area (Å²) in [5, 5.41) is 22.8. The Morgan fingerprint density at radius 1 is 1.16 bits per heavy atom. The maximum Gasteiger partial charge on any atom is 0.224 e. The van der Waals surface area contributed by atoms with Crippen molar-refractivity contribution < 1.29 is 19.8 Å². The third kappa shape index (κ3) is 5.50. The van der Waals surface area contributed by atoms with Gasteiger partial charge >= 0.3 is 0 Å². The molecule has 0 saturated heterocycles. The van der Waals surface area contributed by atoms with Crippen molar-refractivity contribution in [3.05, 3.63) is 29.8 Å². The average molecular weight is 266 g/mol. The number of carbonyl (C=O) groups excluding carboxylic acids is 2. The summed E-state index contributed by atoms with van der Waals surface area (Å²) >= 11 is 0. The standard InChI is InChI=1S/C13H18N2O4/c1-9(18)14-11-4-2-10(3-5-11)6-13(19)15-12(7-16)8-17/h2-5,12,16-17H,6-8H2,1H3,(H,14,18)(H,15,19). The van der Waals surface area contributed by atoms with Gasteiger partial charge in [-0.05, 0) is 17.7 Å². The van der Waals surface area contributed by atoms with E-state index in [0.29, 0.717) is 5.69 Å². The quantitative estimate of drug-likeness (QED) is 0.566. The SMILES string of the molecule is CC(=O)Nc1ccc(CC(=O)NC(CO)CO)cc1. The zero-order valence-corrected chi connectivity index (χ0v) is 10.7. The minimum atomic E-state index is -0.633. The maximum absolute atomic E-state index is 11.6. The Morgan fingerprint density at radius 2 is 1.74 bits per heavy atom. The number of hydrogen-bond donors (Lipinski definition) is 4. The van der Waals surface area contributed by atoms with E-state index >= 15 is 0 Å². The van der Waals surface area contributed by atoms with Gasteiger partial charge in [-0.1, -0.05) is 12.1 Å². The molecule has 0 aliphatic heterocycles. The Morgan fingerprint density at radius 3 is 2.21 bits per heavy atom. The van der Waals surface area contributed by atoms with E-state index in [9.17, 15) is 9.59 Å². The van der Waals surface area contributed by atoms with E-state index in [1.807, 2.05) is 0 Å². The molecule has 1 rings (SSSR count). The minimum absolute atomic E-state index is 0.150. The second-order valence-electron chi connectivity index (χ2n) is 4.18. The van der Waals surface area contributed by atoms with Gasteiger partial charge in [0.2, 0.25) is 11.8 Å². The van der Waals surface area contributed by atoms with Crippen molar-refractivity contribution in [2.75, 3.05) is 18.5 Å². The molecule has 4 N–H and O–H groups in total. The number of hydrogen-bond acceptors (Lipinski definition) is 4. The number of rotatable bonds is 6. The third-order valence-electron chi connectivity index (χ3n) is 2.44. The molecule has 1 aromatic carbocycles. The van der Waals surface area contributed by atoms with Crippen LogP contribution in [0, 0.1) is 0 Å². The van der Waals surface area contributed by atoms with Gasteiger partial charge in [0.15, 0.2) is 0 Å². The molecule has 0 radical (unpaired) electrons. The third-order valence-corrected chi connectivity index (χ3v) is 2.44. The molecule has 0 aromatic heterocycles. The number of benzene rings is 1. The number of carbonyl (C=O) groups is 2. The van der Waals surface area contributed by atoms with Crippen LogP contribution in [0.3, 0.4) is 0 Å². The summed E-state index contributed by atoms with van der Waals surface area (Å²) in [5.74, 6) is -0.431. The average Bonchev–Trinajstić information content (AvgIpc) is 2.37. The smallest absolute Gasteiger partial charge is 0.224 e. The number of aliphatic hydroxyl groups excluding tert-OH is 2. The minimum Gasteiger partial charge on any atom is -0.394 e. The van der Waals surface area contributed by atoms with E-state index in [-0.39, 0.29) is 31.4 Å². The molecule has 0 bridgehead atoms. The second-order valence-corrected chi connectivity index (χ2v) is 4.18. The predicted octanol–water partition coefficient (Wildman–Crippen LogP) is -0.343. The molecule has 19 heavy (non-hydrogen) atoms. The Bertz CT molecular complexity index is 427. The molecule has 0 spiro atoms. The van der Waals surface area contributed by atoms with Gasteiger partial charge in [-0.15, -0.1) is 0 Å². The highest BCUT2D eigenvalue weighted by Crippen LogP contribution is 2.10. The lowest BCUT2D eigenvalue weighted by Gasteiger charge is -2.13. The van der Waals surface area contributed by atoms with Crippen molar-refractivity contribution in [2.24, 2.45) is 0 Å². The van der Waals surface area contributed by atoms with Crippen LogP contribution in [0.15, 0.2) is 24.3 Å². The van der Waals surface area contributed by atoms with Crippen molar-refractivity contribution in [1.82, 2.24) is 5.32 Å². The molecule has 0 aliphatic rings. The van der Waals surface area contributed by atoms with Crippen molar-refractivity contribution in [2.45, 2.75) is 19.4 Å². The molecule has 2 amide bonds. The largest absolute Gasteiger partial charge is 0.394 e. The Kier molecular flexibility index (Phi) is 5.98. The summed E-state index contributed by atoms with van der Waals surface area (Å²) in [5.41, 5.74) is 1.45. The lowest BCUT2D eigenvalue weighted by Crippen LogP contribution is -2.40. The van der Waals surface area contributed by atoms with Gasteiger partial charge in [0.1, 0.15) is 0 Å². The number of amides is 2. The van der Waals surface area contributed by atoms with Crippen LogP contribution in [0.25, 0.3) is 0 Å². The van der Waals surface area contributed by atoms with Gasteiger partial charge in [0.25, 0.3) is 0 Å². The molecule has 1 aromatic rings. The Hall–Kier alpha value is -1.92. The van der Waals surface area contributed by atoms with E-state index in [2.05, 4.69) is 10.6 Å². The van der Waals surface area contributed by atoms with Crippen molar-refractivity contribution in [1.29, 1.82) is 0 Å². The lowest BCUT2D eigenvalue weighted by molar-refractivity contribution is -0.121. The molecule has 104 valence electrons. The summed E-state index contributed by atoms with van der Waals surface area (Å²) in [6.07, 6.45) is 0.150. The van der Waals surface area contributed by atoms with Crippen molar-refractivity contribution in [3.63, 3.8) is 0 Å². The molecule has 0 aliphatic carbocycles. The fraction of sp³-hybridized carbons (Fsp3) is 0.385. The molecule has 0 saturated carbocycles. The van der Waals surface area contributed by atoms with Crippen molar-refractivity contribution in [3.8, 4) is 0 Å². The maximum atomic E-state index is 11.6. The zero-order chi connectivity index (χ0) is 14.3. The van der Waals surface area contributed by atoms with E-state index in [1.54, 1.807) is 24.3 Å². The molecular formula is C13H18N2O4. The summed E-state index contributed by atoms with van der Waals surface area (Å²) < 4.78 is 0. The summed E-state index contributed by atoms with van der Waals surface area (Å²) in [6, 6.07) is 6.25. The molecule has 6 nitrogen and oxygen atoms in total.